The van der Waals surface area contributed by atoms with Crippen molar-refractivity contribution in [2.24, 2.45) is 11.8 Å². The van der Waals surface area contributed by atoms with Crippen LogP contribution in [0.3, 0.4) is 0 Å². The summed E-state index contributed by atoms with van der Waals surface area (Å²) in [5.41, 5.74) is 0.374. The zero-order valence-corrected chi connectivity index (χ0v) is 18.1. The van der Waals surface area contributed by atoms with E-state index in [0.717, 1.165) is 19.6 Å². The highest BCUT2D eigenvalue weighted by Crippen LogP contribution is 2.22. The summed E-state index contributed by atoms with van der Waals surface area (Å²) in [5.74, 6) is 0.727. The van der Waals surface area contributed by atoms with Gasteiger partial charge in [-0.3, -0.25) is 4.79 Å². The molecule has 158 valence electrons. The molecule has 1 aromatic carbocycles. The fraction of sp³-hybridized carbons (Fsp3) is 0.500. The van der Waals surface area contributed by atoms with E-state index in [1.54, 1.807) is 36.4 Å². The Morgan fingerprint density at radius 3 is 2.48 bits per heavy atom. The van der Waals surface area contributed by atoms with Gasteiger partial charge in [-0.1, -0.05) is 32.0 Å². The highest BCUT2D eigenvalue weighted by molar-refractivity contribution is 7.90. The summed E-state index contributed by atoms with van der Waals surface area (Å²) >= 11 is 0. The molecule has 3 rings (SSSR count). The van der Waals surface area contributed by atoms with Crippen molar-refractivity contribution in [1.82, 2.24) is 10.2 Å². The van der Waals surface area contributed by atoms with Crippen LogP contribution in [-0.4, -0.2) is 44.9 Å². The van der Waals surface area contributed by atoms with Gasteiger partial charge >= 0.3 is 0 Å². The molecule has 2 heterocycles. The number of furan rings is 1. The van der Waals surface area contributed by atoms with Crippen LogP contribution >= 0.6 is 0 Å². The first-order chi connectivity index (χ1) is 13.7. The van der Waals surface area contributed by atoms with E-state index < -0.39 is 9.84 Å². The summed E-state index contributed by atoms with van der Waals surface area (Å²) in [6, 6.07) is 9.72. The monoisotopic (exact) mass is 418 g/mol. The molecule has 0 aliphatic carbocycles. The van der Waals surface area contributed by atoms with E-state index in [9.17, 15) is 13.2 Å². The molecule has 29 heavy (non-hydrogen) atoms. The van der Waals surface area contributed by atoms with Crippen LogP contribution in [0.5, 0.6) is 0 Å². The molecular weight excluding hydrogens is 388 g/mol. The lowest BCUT2D eigenvalue weighted by atomic mass is 9.92. The Hall–Kier alpha value is -2.12. The second-order valence-corrected chi connectivity index (χ2v) is 10.4. The largest absolute Gasteiger partial charge is 0.459 e. The molecule has 1 amide bonds. The average molecular weight is 419 g/mol. The second-order valence-electron chi connectivity index (χ2n) is 8.39. The van der Waals surface area contributed by atoms with Crippen LogP contribution in [0.2, 0.25) is 0 Å². The minimum atomic E-state index is -3.55. The van der Waals surface area contributed by atoms with Crippen molar-refractivity contribution in [3.8, 4) is 0 Å². The van der Waals surface area contributed by atoms with Crippen molar-refractivity contribution < 1.29 is 17.6 Å². The quantitative estimate of drug-likeness (QED) is 0.746. The predicted molar refractivity (Wildman–Crippen MR) is 112 cm³/mol. The summed E-state index contributed by atoms with van der Waals surface area (Å²) in [6.07, 6.45) is 2.60. The summed E-state index contributed by atoms with van der Waals surface area (Å²) in [6.45, 7) is 9.31. The second kappa shape index (κ2) is 9.13. The molecule has 1 aromatic heterocycles. The highest BCUT2D eigenvalue weighted by Gasteiger charge is 2.26. The number of carbonyl (C=O) groups excluding carboxylic acids is 1. The number of amides is 1. The van der Waals surface area contributed by atoms with E-state index in [4.69, 9.17) is 4.42 Å². The number of hydrogen-bond acceptors (Lipinski definition) is 5. The van der Waals surface area contributed by atoms with Crippen LogP contribution in [0.25, 0.3) is 0 Å². The normalized spacial score (nSPS) is 21.6. The van der Waals surface area contributed by atoms with Gasteiger partial charge in [0.2, 0.25) is 0 Å². The summed E-state index contributed by atoms with van der Waals surface area (Å²) in [7, 11) is -3.55. The van der Waals surface area contributed by atoms with Gasteiger partial charge in [0, 0.05) is 31.2 Å². The highest BCUT2D eigenvalue weighted by atomic mass is 32.2. The lowest BCUT2D eigenvalue weighted by molar-refractivity contribution is 0.0877. The summed E-state index contributed by atoms with van der Waals surface area (Å²) < 4.78 is 30.6. The van der Waals surface area contributed by atoms with Gasteiger partial charge in [-0.15, -0.1) is 0 Å². The van der Waals surface area contributed by atoms with Crippen LogP contribution in [0.1, 0.15) is 43.3 Å². The third-order valence-corrected chi connectivity index (χ3v) is 6.94. The molecule has 1 saturated heterocycles. The topological polar surface area (TPSA) is 79.6 Å². The number of nitrogens with one attached hydrogen (secondary N) is 1. The van der Waals surface area contributed by atoms with Gasteiger partial charge in [-0.2, -0.15) is 0 Å². The van der Waals surface area contributed by atoms with E-state index >= 15 is 0 Å². The molecule has 1 aliphatic heterocycles. The van der Waals surface area contributed by atoms with Crippen LogP contribution in [0, 0.1) is 11.8 Å². The molecule has 1 fully saturated rings. The number of rotatable bonds is 7. The number of piperidine rings is 1. The summed E-state index contributed by atoms with van der Waals surface area (Å²) in [5, 5.41) is 2.96. The van der Waals surface area contributed by atoms with Crippen LogP contribution < -0.4 is 5.32 Å². The van der Waals surface area contributed by atoms with Crippen molar-refractivity contribution in [3.05, 3.63) is 54.0 Å². The Kier molecular flexibility index (Phi) is 6.80. The van der Waals surface area contributed by atoms with Crippen molar-refractivity contribution in [3.63, 3.8) is 0 Å². The summed E-state index contributed by atoms with van der Waals surface area (Å²) in [4.78, 5) is 15.3. The Bertz CT molecular complexity index is 913. The fourth-order valence-corrected chi connectivity index (χ4v) is 5.60. The molecule has 2 aromatic rings. The minimum absolute atomic E-state index is 0.0660. The number of carbonyl (C=O) groups is 1. The average Bonchev–Trinajstić information content (AvgIpc) is 3.09. The van der Waals surface area contributed by atoms with E-state index in [1.807, 2.05) is 6.92 Å². The van der Waals surface area contributed by atoms with Gasteiger partial charge in [0.15, 0.2) is 15.6 Å². The standard InChI is InChI=1S/C22H30N2O4S/c1-16-11-17(2)13-24(12-16)14-18(3)23-22(25)21-19(9-10-28-21)15-29(26,27)20-7-5-4-6-8-20/h4-10,16-18H,11-15H2,1-3H3,(H,23,25). The Balaban J connectivity index is 1.63. The Morgan fingerprint density at radius 1 is 1.17 bits per heavy atom. The maximum absolute atomic E-state index is 12.7. The SMILES string of the molecule is CC1CC(C)CN(CC(C)NC(=O)c2occc2CS(=O)(=O)c2ccccc2)C1. The molecule has 0 spiro atoms. The Morgan fingerprint density at radius 2 is 1.83 bits per heavy atom. The molecular formula is C22H30N2O4S. The minimum Gasteiger partial charge on any atom is -0.459 e. The maximum Gasteiger partial charge on any atom is 0.287 e. The van der Waals surface area contributed by atoms with Gasteiger partial charge in [0.1, 0.15) is 0 Å². The van der Waals surface area contributed by atoms with E-state index in [1.165, 1.54) is 12.7 Å². The number of nitrogens with zero attached hydrogens (tertiary/aromatic N) is 1. The zero-order chi connectivity index (χ0) is 21.0. The third-order valence-electron chi connectivity index (χ3n) is 5.25. The number of sulfone groups is 1. The van der Waals surface area contributed by atoms with Crippen molar-refractivity contribution >= 4 is 15.7 Å². The molecule has 1 N–H and O–H groups in total. The van der Waals surface area contributed by atoms with Crippen molar-refractivity contribution in [2.75, 3.05) is 19.6 Å². The molecule has 3 atom stereocenters. The first kappa shape index (κ1) is 21.6. The number of hydrogen-bond donors (Lipinski definition) is 1. The Labute approximate surface area is 173 Å². The zero-order valence-electron chi connectivity index (χ0n) is 17.3. The predicted octanol–water partition coefficient (Wildman–Crippen LogP) is 3.35. The lowest BCUT2D eigenvalue weighted by Gasteiger charge is -2.36. The van der Waals surface area contributed by atoms with Gasteiger partial charge < -0.3 is 14.6 Å². The smallest absolute Gasteiger partial charge is 0.287 e. The lowest BCUT2D eigenvalue weighted by Crippen LogP contribution is -2.47. The van der Waals surface area contributed by atoms with E-state index in [-0.39, 0.29) is 28.4 Å². The first-order valence-electron chi connectivity index (χ1n) is 10.1. The maximum atomic E-state index is 12.7. The molecule has 3 unspecified atom stereocenters. The number of benzene rings is 1. The molecule has 6 nitrogen and oxygen atoms in total. The molecule has 1 aliphatic rings. The van der Waals surface area contributed by atoms with Gasteiger partial charge in [-0.25, -0.2) is 8.42 Å². The molecule has 7 heteroatoms. The molecule has 0 saturated carbocycles. The van der Waals surface area contributed by atoms with Crippen molar-refractivity contribution in [2.45, 2.75) is 43.9 Å². The molecule has 0 bridgehead atoms. The third kappa shape index (κ3) is 5.70. The van der Waals surface area contributed by atoms with E-state index in [0.29, 0.717) is 17.4 Å². The van der Waals surface area contributed by atoms with Crippen LogP contribution in [0.15, 0.2) is 52.0 Å². The number of likely N-dealkylation sites (tertiary alicyclic amines) is 1. The van der Waals surface area contributed by atoms with E-state index in [2.05, 4.69) is 24.1 Å². The van der Waals surface area contributed by atoms with Gasteiger partial charge in [0.05, 0.1) is 16.9 Å². The molecule has 0 radical (unpaired) electrons. The van der Waals surface area contributed by atoms with Crippen molar-refractivity contribution in [1.29, 1.82) is 0 Å². The van der Waals surface area contributed by atoms with Crippen LogP contribution in [-0.2, 0) is 15.6 Å². The fourth-order valence-electron chi connectivity index (χ4n) is 4.23. The van der Waals surface area contributed by atoms with Crippen LogP contribution in [0.4, 0.5) is 0 Å². The van der Waals surface area contributed by atoms with Gasteiger partial charge in [0.25, 0.3) is 5.91 Å². The van der Waals surface area contributed by atoms with Gasteiger partial charge in [-0.05, 0) is 43.4 Å². The first-order valence-corrected chi connectivity index (χ1v) is 11.8.